The van der Waals surface area contributed by atoms with Crippen molar-refractivity contribution in [2.45, 2.75) is 62.8 Å². The van der Waals surface area contributed by atoms with Crippen LogP contribution in [-0.2, 0) is 23.4 Å². The standard InChI is InChI=1S/C22H28O4Si.C6H10O4/c1-22(2,3)27(16-10-6-4-7-11-16,17-12-8-5-9-13-17)26-19-15-25-21-20(19)18(23)14-24-21;7-3-1-9-6-5(3)4(8)2-10-6/h4-13,18-21,23H,14-15H2,1-3H3;3-8H,1-2H2/t18-,19-,20-,21+;3-,4-,5?,6?/m00/s1. The fourth-order valence-corrected chi connectivity index (χ4v) is 10.7. The van der Waals surface area contributed by atoms with Crippen LogP contribution in [0, 0.1) is 11.8 Å². The van der Waals surface area contributed by atoms with Crippen LogP contribution in [0.4, 0.5) is 0 Å². The Labute approximate surface area is 219 Å². The maximum absolute atomic E-state index is 10.4. The smallest absolute Gasteiger partial charge is 0.261 e. The second-order valence-corrected chi connectivity index (χ2v) is 15.5. The summed E-state index contributed by atoms with van der Waals surface area (Å²) in [5, 5.41) is 31.2. The van der Waals surface area contributed by atoms with Crippen molar-refractivity contribution >= 4 is 18.7 Å². The van der Waals surface area contributed by atoms with Gasteiger partial charge in [-0.3, -0.25) is 0 Å². The molecule has 0 aliphatic carbocycles. The number of ether oxygens (including phenoxy) is 4. The molecule has 0 aromatic heterocycles. The maximum Gasteiger partial charge on any atom is 0.261 e. The highest BCUT2D eigenvalue weighted by atomic mass is 28.4. The first kappa shape index (κ1) is 26.9. The van der Waals surface area contributed by atoms with Crippen LogP contribution in [-0.4, -0.2) is 87.1 Å². The zero-order chi connectivity index (χ0) is 26.2. The van der Waals surface area contributed by atoms with Crippen LogP contribution in [0.5, 0.6) is 0 Å². The van der Waals surface area contributed by atoms with Gasteiger partial charge in [0.05, 0.1) is 62.7 Å². The first-order valence-electron chi connectivity index (χ1n) is 13.0. The highest BCUT2D eigenvalue weighted by Gasteiger charge is 2.56. The number of fused-ring (bicyclic) bond motifs is 2. The summed E-state index contributed by atoms with van der Waals surface area (Å²) in [5.74, 6) is -0.355. The number of aliphatic hydroxyl groups is 3. The third-order valence-corrected chi connectivity index (χ3v) is 12.9. The van der Waals surface area contributed by atoms with Crippen LogP contribution < -0.4 is 10.4 Å². The van der Waals surface area contributed by atoms with E-state index in [0.29, 0.717) is 13.2 Å². The summed E-state index contributed by atoms with van der Waals surface area (Å²) >= 11 is 0. The van der Waals surface area contributed by atoms with Crippen LogP contribution in [0.25, 0.3) is 0 Å². The molecule has 0 radical (unpaired) electrons. The normalized spacial score (nSPS) is 35.1. The summed E-state index contributed by atoms with van der Waals surface area (Å²) in [6.45, 7) is 8.11. The molecule has 0 spiro atoms. The summed E-state index contributed by atoms with van der Waals surface area (Å²) in [7, 11) is -2.65. The molecule has 202 valence electrons. The molecule has 0 saturated carbocycles. The van der Waals surface area contributed by atoms with E-state index in [9.17, 15) is 15.3 Å². The van der Waals surface area contributed by atoms with Gasteiger partial charge in [-0.25, -0.2) is 0 Å². The van der Waals surface area contributed by atoms with Crippen LogP contribution in [0.3, 0.4) is 0 Å². The van der Waals surface area contributed by atoms with Crippen LogP contribution in [0.2, 0.25) is 5.04 Å². The van der Waals surface area contributed by atoms with Crippen LogP contribution >= 0.6 is 0 Å². The number of aliphatic hydroxyl groups excluding tert-OH is 3. The Bertz CT molecular complexity index is 962. The van der Waals surface area contributed by atoms with Gasteiger partial charge in [-0.1, -0.05) is 81.4 Å². The van der Waals surface area contributed by atoms with Gasteiger partial charge in [-0.05, 0) is 15.4 Å². The van der Waals surface area contributed by atoms with E-state index in [2.05, 4.69) is 69.3 Å². The predicted octanol–water partition coefficient (Wildman–Crippen LogP) is 1.01. The van der Waals surface area contributed by atoms with E-state index in [-0.39, 0.29) is 48.8 Å². The van der Waals surface area contributed by atoms with E-state index in [1.807, 2.05) is 12.1 Å². The summed E-state index contributed by atoms with van der Waals surface area (Å²) in [6, 6.07) is 21.1. The summed E-state index contributed by atoms with van der Waals surface area (Å²) in [5.41, 5.74) is 0. The van der Waals surface area contributed by atoms with Crippen molar-refractivity contribution in [3.8, 4) is 0 Å². The molecule has 2 aromatic rings. The minimum Gasteiger partial charge on any atom is -0.402 e. The Hall–Kier alpha value is -1.66. The molecular formula is C28H38O8Si. The second kappa shape index (κ2) is 10.8. The number of hydrogen-bond donors (Lipinski definition) is 3. The molecule has 0 amide bonds. The molecule has 4 aliphatic heterocycles. The highest BCUT2D eigenvalue weighted by molar-refractivity contribution is 6.99. The first-order valence-corrected chi connectivity index (χ1v) is 14.9. The van der Waals surface area contributed by atoms with E-state index in [1.54, 1.807) is 0 Å². The van der Waals surface area contributed by atoms with Gasteiger partial charge in [-0.2, -0.15) is 0 Å². The molecule has 0 bridgehead atoms. The molecule has 3 N–H and O–H groups in total. The van der Waals surface area contributed by atoms with Crippen molar-refractivity contribution in [2.75, 3.05) is 26.4 Å². The van der Waals surface area contributed by atoms with Crippen molar-refractivity contribution in [1.29, 1.82) is 0 Å². The zero-order valence-corrected chi connectivity index (χ0v) is 22.6. The minimum absolute atomic E-state index is 0.0990. The SMILES string of the molecule is CC(C)(C)[Si](O[C@H]1CO[C@H]2OC[C@H](O)[C@H]21)(c1ccccc1)c1ccccc1.O[C@H]1COC2OC[C@H](O)C21. The molecule has 9 heteroatoms. The third-order valence-electron chi connectivity index (χ3n) is 7.85. The molecule has 6 rings (SSSR count). The molecular weight excluding hydrogens is 492 g/mol. The number of benzene rings is 2. The number of hydrogen-bond acceptors (Lipinski definition) is 8. The van der Waals surface area contributed by atoms with E-state index in [0.717, 1.165) is 0 Å². The van der Waals surface area contributed by atoms with E-state index < -0.39 is 26.6 Å². The average Bonchev–Trinajstić information content (AvgIpc) is 3.65. The highest BCUT2D eigenvalue weighted by Crippen LogP contribution is 2.41. The summed E-state index contributed by atoms with van der Waals surface area (Å²) in [4.78, 5) is 0. The molecule has 0 unspecified atom stereocenters. The van der Waals surface area contributed by atoms with Gasteiger partial charge in [0.25, 0.3) is 8.32 Å². The molecule has 4 saturated heterocycles. The lowest BCUT2D eigenvalue weighted by Gasteiger charge is -2.45. The predicted molar refractivity (Wildman–Crippen MR) is 139 cm³/mol. The zero-order valence-electron chi connectivity index (χ0n) is 21.6. The monoisotopic (exact) mass is 530 g/mol. The lowest BCUT2D eigenvalue weighted by atomic mass is 10.0. The lowest BCUT2D eigenvalue weighted by Crippen LogP contribution is -2.68. The van der Waals surface area contributed by atoms with Crippen LogP contribution in [0.15, 0.2) is 60.7 Å². The Balaban J connectivity index is 0.000000233. The summed E-state index contributed by atoms with van der Waals surface area (Å²) in [6.07, 6.45) is -2.56. The van der Waals surface area contributed by atoms with Crippen LogP contribution in [0.1, 0.15) is 20.8 Å². The van der Waals surface area contributed by atoms with Gasteiger partial charge in [0.2, 0.25) is 0 Å². The summed E-state index contributed by atoms with van der Waals surface area (Å²) < 4.78 is 28.5. The number of rotatable bonds is 4. The minimum atomic E-state index is -2.65. The van der Waals surface area contributed by atoms with Gasteiger partial charge < -0.3 is 38.7 Å². The Kier molecular flexibility index (Phi) is 7.89. The topological polar surface area (TPSA) is 107 Å². The Morgan fingerprint density at radius 3 is 1.49 bits per heavy atom. The van der Waals surface area contributed by atoms with Gasteiger partial charge in [-0.15, -0.1) is 0 Å². The van der Waals surface area contributed by atoms with Gasteiger partial charge in [0, 0.05) is 0 Å². The molecule has 6 atom stereocenters. The van der Waals surface area contributed by atoms with Crippen molar-refractivity contribution in [2.24, 2.45) is 11.8 Å². The third kappa shape index (κ3) is 5.05. The second-order valence-electron chi connectivity index (χ2n) is 11.2. The Morgan fingerprint density at radius 2 is 1.05 bits per heavy atom. The van der Waals surface area contributed by atoms with Crippen molar-refractivity contribution in [3.05, 3.63) is 60.7 Å². The average molecular weight is 531 g/mol. The fourth-order valence-electron chi connectivity index (χ4n) is 6.01. The van der Waals surface area contributed by atoms with E-state index in [1.165, 1.54) is 10.4 Å². The van der Waals surface area contributed by atoms with Crippen molar-refractivity contribution < 1.29 is 38.7 Å². The molecule has 4 heterocycles. The van der Waals surface area contributed by atoms with Gasteiger partial charge >= 0.3 is 0 Å². The van der Waals surface area contributed by atoms with Gasteiger partial charge in [0.15, 0.2) is 12.6 Å². The Morgan fingerprint density at radius 1 is 0.649 bits per heavy atom. The largest absolute Gasteiger partial charge is 0.402 e. The first-order chi connectivity index (χ1) is 17.7. The van der Waals surface area contributed by atoms with Gasteiger partial charge in [0.1, 0.15) is 0 Å². The lowest BCUT2D eigenvalue weighted by molar-refractivity contribution is -0.0912. The molecule has 37 heavy (non-hydrogen) atoms. The quantitative estimate of drug-likeness (QED) is 0.503. The molecule has 8 nitrogen and oxygen atoms in total. The van der Waals surface area contributed by atoms with E-state index in [4.69, 9.17) is 23.4 Å². The van der Waals surface area contributed by atoms with Crippen molar-refractivity contribution in [1.82, 2.24) is 0 Å². The molecule has 4 fully saturated rings. The van der Waals surface area contributed by atoms with Crippen molar-refractivity contribution in [3.63, 3.8) is 0 Å². The molecule has 2 aromatic carbocycles. The maximum atomic E-state index is 10.4. The molecule has 4 aliphatic rings. The van der Waals surface area contributed by atoms with E-state index >= 15 is 0 Å². The fraction of sp³-hybridized carbons (Fsp3) is 0.571.